The first-order valence-electron chi connectivity index (χ1n) is 9.69. The smallest absolute Gasteiger partial charge is 0.325 e. The first-order chi connectivity index (χ1) is 14.3. The number of carbonyl (C=O) groups is 2. The predicted octanol–water partition coefficient (Wildman–Crippen LogP) is 1.20. The zero-order valence-electron chi connectivity index (χ0n) is 17.6. The minimum absolute atomic E-state index is 0.0482. The maximum atomic E-state index is 13.3. The molecule has 2 heterocycles. The molecule has 0 atom stereocenters. The summed E-state index contributed by atoms with van der Waals surface area (Å²) in [7, 11) is 0.279. The van der Waals surface area contributed by atoms with E-state index < -0.39 is 21.6 Å². The van der Waals surface area contributed by atoms with Gasteiger partial charge in [0.05, 0.1) is 21.3 Å². The van der Waals surface area contributed by atoms with Crippen molar-refractivity contribution < 1.29 is 32.2 Å². The van der Waals surface area contributed by atoms with Crippen molar-refractivity contribution in [1.82, 2.24) is 14.5 Å². The van der Waals surface area contributed by atoms with Crippen LogP contribution in [0.15, 0.2) is 17.0 Å². The molecule has 2 aliphatic rings. The van der Waals surface area contributed by atoms with Crippen molar-refractivity contribution >= 4 is 22.0 Å². The van der Waals surface area contributed by atoms with Gasteiger partial charge in [0.25, 0.3) is 5.91 Å². The van der Waals surface area contributed by atoms with Gasteiger partial charge in [-0.15, -0.1) is 0 Å². The summed E-state index contributed by atoms with van der Waals surface area (Å²) in [6.07, 6.45) is 1.06. The average Bonchev–Trinajstić information content (AvgIpc) is 2.96. The number of carbonyl (C=O) groups excluding carboxylic acids is 2. The van der Waals surface area contributed by atoms with Crippen LogP contribution in [0.25, 0.3) is 0 Å². The number of nitrogens with zero attached hydrogens (tertiary/aromatic N) is 2. The third-order valence-electron chi connectivity index (χ3n) is 5.55. The van der Waals surface area contributed by atoms with Crippen LogP contribution in [-0.4, -0.2) is 76.1 Å². The van der Waals surface area contributed by atoms with Crippen LogP contribution < -0.4 is 19.5 Å². The fourth-order valence-corrected chi connectivity index (χ4v) is 5.56. The van der Waals surface area contributed by atoms with Gasteiger partial charge < -0.3 is 19.5 Å². The highest BCUT2D eigenvalue weighted by atomic mass is 32.2. The lowest BCUT2D eigenvalue weighted by Gasteiger charge is -2.36. The highest BCUT2D eigenvalue weighted by molar-refractivity contribution is 7.89. The number of ether oxygens (including phenoxy) is 3. The number of hydrogen-bond donors (Lipinski definition) is 1. The van der Waals surface area contributed by atoms with Crippen molar-refractivity contribution in [3.63, 3.8) is 0 Å². The maximum Gasteiger partial charge on any atom is 0.325 e. The normalized spacial score (nSPS) is 19.1. The lowest BCUT2D eigenvalue weighted by Crippen LogP contribution is -2.55. The van der Waals surface area contributed by atoms with E-state index in [4.69, 9.17) is 14.2 Å². The van der Waals surface area contributed by atoms with Crippen LogP contribution in [0.4, 0.5) is 4.79 Å². The molecule has 0 radical (unpaired) electrons. The summed E-state index contributed by atoms with van der Waals surface area (Å²) in [4.78, 5) is 26.1. The lowest BCUT2D eigenvalue weighted by molar-refractivity contribution is -0.132. The third kappa shape index (κ3) is 3.45. The van der Waals surface area contributed by atoms with E-state index in [1.54, 1.807) is 0 Å². The van der Waals surface area contributed by atoms with E-state index in [9.17, 15) is 18.0 Å². The van der Waals surface area contributed by atoms with E-state index in [1.807, 2.05) is 6.92 Å². The highest BCUT2D eigenvalue weighted by Gasteiger charge is 2.53. The number of benzene rings is 1. The number of sulfonamides is 1. The van der Waals surface area contributed by atoms with E-state index >= 15 is 0 Å². The van der Waals surface area contributed by atoms with Gasteiger partial charge in [0.2, 0.25) is 15.8 Å². The van der Waals surface area contributed by atoms with Gasteiger partial charge in [-0.1, -0.05) is 6.92 Å². The van der Waals surface area contributed by atoms with E-state index in [0.29, 0.717) is 18.7 Å². The third-order valence-corrected chi connectivity index (χ3v) is 7.48. The SMILES string of the molecule is CCCN1C(=O)NC2(CCN(S(=O)(=O)c3ccc(OC)c(OC)c3OC)CC2)C1=O. The number of nitrogens with one attached hydrogen (secondary N) is 1. The van der Waals surface area contributed by atoms with Crippen molar-refractivity contribution in [2.45, 2.75) is 36.6 Å². The standard InChI is InChI=1S/C19H27N3O7S/c1-5-10-22-17(23)19(20-18(22)24)8-11-21(12-9-19)30(25,26)14-7-6-13(27-2)15(28-3)16(14)29-4/h6-7H,5,8-12H2,1-4H3,(H,20,24). The van der Waals surface area contributed by atoms with Crippen molar-refractivity contribution in [2.75, 3.05) is 41.0 Å². The van der Waals surface area contributed by atoms with Gasteiger partial charge in [-0.3, -0.25) is 9.69 Å². The Morgan fingerprint density at radius 1 is 1.03 bits per heavy atom. The van der Waals surface area contributed by atoms with Crippen LogP contribution in [0, 0.1) is 0 Å². The molecule has 1 aromatic carbocycles. The second kappa shape index (κ2) is 8.31. The van der Waals surface area contributed by atoms with Crippen LogP contribution in [0.5, 0.6) is 17.2 Å². The largest absolute Gasteiger partial charge is 0.493 e. The Hall–Kier alpha value is -2.53. The Labute approximate surface area is 176 Å². The van der Waals surface area contributed by atoms with Crippen molar-refractivity contribution in [2.24, 2.45) is 0 Å². The van der Waals surface area contributed by atoms with Crippen molar-refractivity contribution in [3.05, 3.63) is 12.1 Å². The Morgan fingerprint density at radius 2 is 1.67 bits per heavy atom. The summed E-state index contributed by atoms with van der Waals surface area (Å²) >= 11 is 0. The lowest BCUT2D eigenvalue weighted by atomic mass is 9.88. The molecule has 11 heteroatoms. The molecular formula is C19H27N3O7S. The molecule has 0 unspecified atom stereocenters. The monoisotopic (exact) mass is 441 g/mol. The summed E-state index contributed by atoms with van der Waals surface area (Å²) < 4.78 is 43.8. The molecule has 0 bridgehead atoms. The van der Waals surface area contributed by atoms with Gasteiger partial charge in [0, 0.05) is 19.6 Å². The molecule has 2 fully saturated rings. The molecule has 3 amide bonds. The van der Waals surface area contributed by atoms with Crippen LogP contribution in [0.2, 0.25) is 0 Å². The van der Waals surface area contributed by atoms with Crippen LogP contribution in [0.3, 0.4) is 0 Å². The van der Waals surface area contributed by atoms with Gasteiger partial charge in [0.1, 0.15) is 10.4 Å². The molecule has 30 heavy (non-hydrogen) atoms. The fraction of sp³-hybridized carbons (Fsp3) is 0.579. The van der Waals surface area contributed by atoms with Gasteiger partial charge in [-0.05, 0) is 31.4 Å². The van der Waals surface area contributed by atoms with Crippen LogP contribution in [-0.2, 0) is 14.8 Å². The summed E-state index contributed by atoms with van der Waals surface area (Å²) in [5.74, 6) is 0.302. The Bertz CT molecular complexity index is 940. The number of imide groups is 1. The molecule has 166 valence electrons. The zero-order valence-corrected chi connectivity index (χ0v) is 18.4. The van der Waals surface area contributed by atoms with Gasteiger partial charge in [0.15, 0.2) is 11.5 Å². The quantitative estimate of drug-likeness (QED) is 0.632. The molecule has 1 spiro atoms. The number of urea groups is 1. The van der Waals surface area contributed by atoms with Gasteiger partial charge in [-0.25, -0.2) is 13.2 Å². The Morgan fingerprint density at radius 3 is 2.20 bits per heavy atom. The average molecular weight is 442 g/mol. The molecule has 0 aliphatic carbocycles. The summed E-state index contributed by atoms with van der Waals surface area (Å²) in [6, 6.07) is 2.49. The molecular weight excluding hydrogens is 414 g/mol. The minimum atomic E-state index is -3.93. The Balaban J connectivity index is 1.86. The topological polar surface area (TPSA) is 114 Å². The summed E-state index contributed by atoms with van der Waals surface area (Å²) in [6.45, 7) is 2.41. The molecule has 1 aromatic rings. The molecule has 10 nitrogen and oxygen atoms in total. The van der Waals surface area contributed by atoms with E-state index in [-0.39, 0.29) is 48.2 Å². The molecule has 0 aromatic heterocycles. The summed E-state index contributed by atoms with van der Waals surface area (Å²) in [5.41, 5.74) is -1.04. The van der Waals surface area contributed by atoms with Crippen molar-refractivity contribution in [1.29, 1.82) is 0 Å². The van der Waals surface area contributed by atoms with Crippen LogP contribution >= 0.6 is 0 Å². The number of rotatable bonds is 7. The minimum Gasteiger partial charge on any atom is -0.493 e. The zero-order chi connectivity index (χ0) is 22.1. The molecule has 2 aliphatic heterocycles. The van der Waals surface area contributed by atoms with Gasteiger partial charge >= 0.3 is 6.03 Å². The number of amides is 3. The molecule has 1 N–H and O–H groups in total. The molecule has 0 saturated carbocycles. The predicted molar refractivity (Wildman–Crippen MR) is 107 cm³/mol. The van der Waals surface area contributed by atoms with E-state index in [2.05, 4.69) is 5.32 Å². The van der Waals surface area contributed by atoms with Crippen LogP contribution in [0.1, 0.15) is 26.2 Å². The first-order valence-corrected chi connectivity index (χ1v) is 11.1. The maximum absolute atomic E-state index is 13.3. The molecule has 2 saturated heterocycles. The first kappa shape index (κ1) is 22.2. The second-order valence-electron chi connectivity index (χ2n) is 7.21. The molecule has 3 rings (SSSR count). The van der Waals surface area contributed by atoms with Crippen molar-refractivity contribution in [3.8, 4) is 17.2 Å². The van der Waals surface area contributed by atoms with E-state index in [1.165, 1.54) is 42.7 Å². The van der Waals surface area contributed by atoms with Gasteiger partial charge in [-0.2, -0.15) is 4.31 Å². The second-order valence-corrected chi connectivity index (χ2v) is 9.11. The highest BCUT2D eigenvalue weighted by Crippen LogP contribution is 2.43. The number of piperidine rings is 1. The fourth-order valence-electron chi connectivity index (χ4n) is 3.97. The van der Waals surface area contributed by atoms with E-state index in [0.717, 1.165) is 0 Å². The Kier molecular flexibility index (Phi) is 6.14. The summed E-state index contributed by atoms with van der Waals surface area (Å²) in [5, 5.41) is 2.78. The number of methoxy groups -OCH3 is 3. The number of hydrogen-bond acceptors (Lipinski definition) is 7.